The van der Waals surface area contributed by atoms with Gasteiger partial charge in [0.2, 0.25) is 26.0 Å². The first-order valence-corrected chi connectivity index (χ1v) is 23.2. The SMILES string of the molecule is C.C=CC(=O)Nc1ccccc1Cc1nccc(N2CCCC(NS(=O)(=O)CCC)C2)n1.CCCS(=O)(=O)NC1CCCN(c2ccnc(Cc3ccccc3N)n2)C1. The van der Waals surface area contributed by atoms with Gasteiger partial charge in [-0.25, -0.2) is 46.2 Å². The van der Waals surface area contributed by atoms with Crippen LogP contribution in [0.4, 0.5) is 23.0 Å². The molecule has 4 heterocycles. The van der Waals surface area contributed by atoms with Gasteiger partial charge in [0, 0.05) is 74.9 Å². The molecule has 4 aromatic rings. The molecule has 0 spiro atoms. The molecule has 2 aromatic carbocycles. The second-order valence-electron chi connectivity index (χ2n) is 14.5. The lowest BCUT2D eigenvalue weighted by Gasteiger charge is -2.33. The van der Waals surface area contributed by atoms with Crippen LogP contribution in [0.5, 0.6) is 0 Å². The van der Waals surface area contributed by atoms with E-state index in [4.69, 9.17) is 10.7 Å². The number of aromatic nitrogens is 4. The van der Waals surface area contributed by atoms with Crippen molar-refractivity contribution in [1.29, 1.82) is 0 Å². The number of nitrogens with zero attached hydrogens (tertiary/aromatic N) is 6. The number of benzene rings is 2. The number of para-hydroxylation sites is 2. The lowest BCUT2D eigenvalue weighted by molar-refractivity contribution is -0.111. The summed E-state index contributed by atoms with van der Waals surface area (Å²) < 4.78 is 54.1. The molecular formula is C42H60N10O5S2. The Kier molecular flexibility index (Phi) is 17.7. The van der Waals surface area contributed by atoms with Gasteiger partial charge in [-0.3, -0.25) is 4.79 Å². The first-order chi connectivity index (χ1) is 27.9. The lowest BCUT2D eigenvalue weighted by atomic mass is 10.1. The Balaban J connectivity index is 0.000000259. The van der Waals surface area contributed by atoms with E-state index in [1.54, 1.807) is 12.4 Å². The maximum Gasteiger partial charge on any atom is 0.247 e. The van der Waals surface area contributed by atoms with Gasteiger partial charge in [0.15, 0.2) is 0 Å². The van der Waals surface area contributed by atoms with Crippen LogP contribution in [-0.4, -0.2) is 92.4 Å². The molecular weight excluding hydrogens is 789 g/mol. The van der Waals surface area contributed by atoms with Crippen LogP contribution in [0.1, 0.15) is 82.6 Å². The average molecular weight is 849 g/mol. The Morgan fingerprint density at radius 3 is 1.73 bits per heavy atom. The Bertz CT molecular complexity index is 2210. The molecule has 15 nitrogen and oxygen atoms in total. The summed E-state index contributed by atoms with van der Waals surface area (Å²) in [4.78, 5) is 34.1. The highest BCUT2D eigenvalue weighted by Gasteiger charge is 2.26. The highest BCUT2D eigenvalue weighted by atomic mass is 32.2. The highest BCUT2D eigenvalue weighted by Crippen LogP contribution is 2.23. The molecule has 2 aliphatic heterocycles. The molecule has 2 aliphatic rings. The molecule has 0 radical (unpaired) electrons. The summed E-state index contributed by atoms with van der Waals surface area (Å²) in [6.45, 7) is 10.1. The molecule has 2 atom stereocenters. The number of nitrogens with two attached hydrogens (primary N) is 1. The first kappa shape index (κ1) is 46.7. The van der Waals surface area contributed by atoms with Crippen molar-refractivity contribution in [3.63, 3.8) is 0 Å². The van der Waals surface area contributed by atoms with Gasteiger partial charge in [-0.15, -0.1) is 0 Å². The number of hydrogen-bond donors (Lipinski definition) is 4. The van der Waals surface area contributed by atoms with Crippen molar-refractivity contribution in [2.24, 2.45) is 0 Å². The fourth-order valence-corrected chi connectivity index (χ4v) is 9.75. The van der Waals surface area contributed by atoms with E-state index >= 15 is 0 Å². The van der Waals surface area contributed by atoms with Gasteiger partial charge in [-0.2, -0.15) is 0 Å². The molecule has 17 heteroatoms. The van der Waals surface area contributed by atoms with Crippen LogP contribution in [-0.2, 0) is 37.7 Å². The summed E-state index contributed by atoms with van der Waals surface area (Å²) >= 11 is 0. The molecule has 2 unspecified atom stereocenters. The zero-order chi connectivity index (χ0) is 41.5. The van der Waals surface area contributed by atoms with Gasteiger partial charge in [0.1, 0.15) is 23.3 Å². The van der Waals surface area contributed by atoms with Crippen molar-refractivity contribution in [1.82, 2.24) is 29.4 Å². The number of hydrogen-bond acceptors (Lipinski definition) is 12. The van der Waals surface area contributed by atoms with Gasteiger partial charge in [0.05, 0.1) is 11.5 Å². The lowest BCUT2D eigenvalue weighted by Crippen LogP contribution is -2.48. The number of nitrogen functional groups attached to an aromatic ring is 1. The van der Waals surface area contributed by atoms with Crippen LogP contribution in [0.25, 0.3) is 0 Å². The molecule has 5 N–H and O–H groups in total. The fraction of sp³-hybridized carbons (Fsp3) is 0.452. The van der Waals surface area contributed by atoms with E-state index in [0.717, 1.165) is 67.2 Å². The Labute approximate surface area is 350 Å². The maximum absolute atomic E-state index is 12.1. The third kappa shape index (κ3) is 14.7. The van der Waals surface area contributed by atoms with E-state index in [1.807, 2.05) is 74.5 Å². The number of amides is 1. The van der Waals surface area contributed by atoms with Crippen molar-refractivity contribution in [3.8, 4) is 0 Å². The molecule has 59 heavy (non-hydrogen) atoms. The minimum Gasteiger partial charge on any atom is -0.398 e. The smallest absolute Gasteiger partial charge is 0.247 e. The average Bonchev–Trinajstić information content (AvgIpc) is 3.20. The van der Waals surface area contributed by atoms with Crippen LogP contribution in [0.2, 0.25) is 0 Å². The van der Waals surface area contributed by atoms with Gasteiger partial charge >= 0.3 is 0 Å². The maximum atomic E-state index is 12.1. The molecule has 2 saturated heterocycles. The Morgan fingerprint density at radius 1 is 0.763 bits per heavy atom. The Morgan fingerprint density at radius 2 is 1.24 bits per heavy atom. The monoisotopic (exact) mass is 848 g/mol. The fourth-order valence-electron chi connectivity index (χ4n) is 7.04. The van der Waals surface area contributed by atoms with Gasteiger partial charge in [-0.05, 0) is 80.0 Å². The van der Waals surface area contributed by atoms with E-state index in [0.29, 0.717) is 56.1 Å². The summed E-state index contributed by atoms with van der Waals surface area (Å²) in [6.07, 6.45) is 10.4. The number of sulfonamides is 2. The zero-order valence-electron chi connectivity index (χ0n) is 33.4. The van der Waals surface area contributed by atoms with Crippen LogP contribution < -0.4 is 30.3 Å². The van der Waals surface area contributed by atoms with Crippen molar-refractivity contribution < 1.29 is 21.6 Å². The summed E-state index contributed by atoms with van der Waals surface area (Å²) in [5, 5.41) is 2.81. The normalized spacial score (nSPS) is 16.9. The van der Waals surface area contributed by atoms with Crippen molar-refractivity contribution in [3.05, 3.63) is 108 Å². The molecule has 6 rings (SSSR count). The van der Waals surface area contributed by atoms with Crippen LogP contribution in [0.15, 0.2) is 85.7 Å². The number of piperidine rings is 2. The quantitative estimate of drug-likeness (QED) is 0.0862. The van der Waals surface area contributed by atoms with Crippen LogP contribution >= 0.6 is 0 Å². The van der Waals surface area contributed by atoms with Crippen LogP contribution in [0, 0.1) is 0 Å². The first-order valence-electron chi connectivity index (χ1n) is 19.8. The van der Waals surface area contributed by atoms with Crippen molar-refractivity contribution in [2.75, 3.05) is 58.5 Å². The predicted molar refractivity (Wildman–Crippen MR) is 237 cm³/mol. The van der Waals surface area contributed by atoms with Gasteiger partial charge in [-0.1, -0.05) is 64.3 Å². The van der Waals surface area contributed by atoms with Crippen molar-refractivity contribution in [2.45, 2.75) is 84.7 Å². The molecule has 0 aliphatic carbocycles. The van der Waals surface area contributed by atoms with E-state index in [9.17, 15) is 21.6 Å². The number of anilines is 4. The van der Waals surface area contributed by atoms with Gasteiger partial charge < -0.3 is 20.9 Å². The third-order valence-electron chi connectivity index (χ3n) is 9.72. The van der Waals surface area contributed by atoms with E-state index in [2.05, 4.69) is 46.1 Å². The molecule has 0 bridgehead atoms. The largest absolute Gasteiger partial charge is 0.398 e. The summed E-state index contributed by atoms with van der Waals surface area (Å²) in [7, 11) is -6.47. The standard InChI is InChI=1S/C22H29N5O3S.C19H27N5O2S.CH4/c1-3-14-31(29,30)26-18-9-7-13-27(16-18)21-11-12-23-20(25-21)15-17-8-5-6-10-19(17)24-22(28)4-2;1-2-12-27(25,26)23-16-7-5-11-24(14-16)19-9-10-21-18(22-19)13-15-6-3-4-8-17(15)20;/h4-6,8,10-12,18,26H,2-3,7,9,13-16H2,1H3,(H,24,28);3-4,6,8-10,16,23H,2,5,7,11-14,20H2,1H3;1H4. The second-order valence-corrected chi connectivity index (χ2v) is 18.3. The minimum atomic E-state index is -3.25. The molecule has 2 fully saturated rings. The van der Waals surface area contributed by atoms with Crippen LogP contribution in [0.3, 0.4) is 0 Å². The van der Waals surface area contributed by atoms with Gasteiger partial charge in [0.25, 0.3) is 0 Å². The number of rotatable bonds is 16. The molecule has 320 valence electrons. The van der Waals surface area contributed by atoms with Crippen molar-refractivity contribution >= 4 is 49.0 Å². The Hall–Kier alpha value is -4.97. The summed E-state index contributed by atoms with van der Waals surface area (Å²) in [5.74, 6) is 2.98. The van der Waals surface area contributed by atoms with E-state index < -0.39 is 20.0 Å². The summed E-state index contributed by atoms with van der Waals surface area (Å²) in [5.41, 5.74) is 9.35. The highest BCUT2D eigenvalue weighted by molar-refractivity contribution is 7.89. The topological polar surface area (TPSA) is 206 Å². The predicted octanol–water partition coefficient (Wildman–Crippen LogP) is 5.07. The number of carbonyl (C=O) groups excluding carboxylic acids is 1. The zero-order valence-corrected chi connectivity index (χ0v) is 35.0. The van der Waals surface area contributed by atoms with E-state index in [-0.39, 0.29) is 36.9 Å². The minimum absolute atomic E-state index is 0. The molecule has 0 saturated carbocycles. The third-order valence-corrected chi connectivity index (χ3v) is 13.0. The number of nitrogens with one attached hydrogen (secondary N) is 3. The molecule has 2 aromatic heterocycles. The van der Waals surface area contributed by atoms with E-state index in [1.165, 1.54) is 6.08 Å². The second kappa shape index (κ2) is 22.4. The number of carbonyl (C=O) groups is 1. The summed E-state index contributed by atoms with van der Waals surface area (Å²) in [6, 6.07) is 18.7. The molecule has 1 amide bonds.